The van der Waals surface area contributed by atoms with Crippen LogP contribution in [-0.4, -0.2) is 80.2 Å². The van der Waals surface area contributed by atoms with Crippen LogP contribution in [0.3, 0.4) is 0 Å². The van der Waals surface area contributed by atoms with Gasteiger partial charge >= 0.3 is 18.3 Å². The number of para-hydroxylation sites is 1. The van der Waals surface area contributed by atoms with Crippen molar-refractivity contribution in [2.24, 2.45) is 11.3 Å². The molecule has 17 heteroatoms. The first kappa shape index (κ1) is 44.3. The highest BCUT2D eigenvalue weighted by molar-refractivity contribution is 7.10. The molecule has 2 atom stereocenters. The first-order chi connectivity index (χ1) is 26.2. The highest BCUT2D eigenvalue weighted by Gasteiger charge is 2.45. The van der Waals surface area contributed by atoms with Gasteiger partial charge in [-0.05, 0) is 70.9 Å². The lowest BCUT2D eigenvalue weighted by Gasteiger charge is -2.45. The lowest BCUT2D eigenvalue weighted by atomic mass is 9.81. The topological polar surface area (TPSA) is 140 Å². The number of benzene rings is 1. The number of aliphatic carboxylic acids is 1. The van der Waals surface area contributed by atoms with Crippen LogP contribution in [0.5, 0.6) is 11.5 Å². The smallest absolute Gasteiger partial charge is 0.425 e. The Hall–Kier alpha value is -4.38. The number of aromatic hydroxyl groups is 1. The molecule has 2 aliphatic heterocycles. The van der Waals surface area contributed by atoms with E-state index in [0.29, 0.717) is 67.2 Å². The summed E-state index contributed by atoms with van der Waals surface area (Å²) in [5, 5.41) is 30.6. The van der Waals surface area contributed by atoms with Crippen LogP contribution in [0.15, 0.2) is 54.2 Å². The Balaban J connectivity index is 0.000000604. The third kappa shape index (κ3) is 10.9. The number of piperidine rings is 2. The number of hydrogen-bond acceptors (Lipinski definition) is 8. The van der Waals surface area contributed by atoms with Crippen LogP contribution in [0.1, 0.15) is 98.5 Å². The number of halogens is 6. The highest BCUT2D eigenvalue weighted by atomic mass is 32.1. The van der Waals surface area contributed by atoms with Crippen molar-refractivity contribution < 1.29 is 60.8 Å². The van der Waals surface area contributed by atoms with Crippen LogP contribution < -0.4 is 4.74 Å². The number of alkyl halides is 6. The lowest BCUT2D eigenvalue weighted by Crippen LogP contribution is -2.55. The van der Waals surface area contributed by atoms with Gasteiger partial charge in [-0.2, -0.15) is 26.3 Å². The van der Waals surface area contributed by atoms with E-state index in [4.69, 9.17) is 9.84 Å². The van der Waals surface area contributed by atoms with Crippen molar-refractivity contribution in [3.8, 4) is 11.5 Å². The second-order valence-electron chi connectivity index (χ2n) is 14.7. The average Bonchev–Trinajstić information content (AvgIpc) is 3.60. The van der Waals surface area contributed by atoms with Gasteiger partial charge < -0.3 is 29.9 Å². The number of pyridine rings is 1. The average molecular weight is 816 g/mol. The Morgan fingerprint density at radius 1 is 1.02 bits per heavy atom. The Bertz CT molecular complexity index is 1810. The number of thiophene rings is 1. The maximum absolute atomic E-state index is 13.9. The molecule has 0 spiro atoms. The van der Waals surface area contributed by atoms with E-state index in [-0.39, 0.29) is 50.7 Å². The van der Waals surface area contributed by atoms with E-state index in [0.717, 1.165) is 23.8 Å². The number of likely N-dealkylation sites (tertiary alicyclic amines) is 2. The second-order valence-corrected chi connectivity index (χ2v) is 15.6. The van der Waals surface area contributed by atoms with Crippen LogP contribution in [-0.2, 0) is 27.5 Å². The number of amides is 2. The molecular formula is C39H47F6N3O7S. The van der Waals surface area contributed by atoms with Gasteiger partial charge in [-0.3, -0.25) is 19.4 Å². The summed E-state index contributed by atoms with van der Waals surface area (Å²) >= 11 is 0.481. The predicted molar refractivity (Wildman–Crippen MR) is 195 cm³/mol. The molecule has 2 unspecified atom stereocenters. The van der Waals surface area contributed by atoms with Gasteiger partial charge in [0.15, 0.2) is 0 Å². The Morgan fingerprint density at radius 3 is 2.27 bits per heavy atom. The first-order valence-electron chi connectivity index (χ1n) is 18.3. The van der Waals surface area contributed by atoms with E-state index >= 15 is 0 Å². The number of aliphatic hydroxyl groups is 1. The summed E-state index contributed by atoms with van der Waals surface area (Å²) < 4.78 is 82.3. The van der Waals surface area contributed by atoms with Crippen LogP contribution >= 0.6 is 11.3 Å². The molecule has 1 aromatic carbocycles. The SMILES string of the molecule is CCCC1C(C(=O)N2CCC(O)(c3ccccc3OCCCC(C)(C)C(=O)O)CC2)CCCN1C(=O)c1cnccc1C(F)(F)F.Oc1csc(C(F)(F)F)c1. The number of carbonyl (C=O) groups is 3. The van der Waals surface area contributed by atoms with Crippen molar-refractivity contribution in [3.63, 3.8) is 0 Å². The molecule has 5 rings (SSSR count). The van der Waals surface area contributed by atoms with Gasteiger partial charge in [-0.1, -0.05) is 31.5 Å². The Kier molecular flexibility index (Phi) is 14.5. The van der Waals surface area contributed by atoms with Crippen molar-refractivity contribution in [2.45, 2.75) is 96.1 Å². The van der Waals surface area contributed by atoms with Crippen LogP contribution in [0.25, 0.3) is 0 Å². The van der Waals surface area contributed by atoms with Crippen LogP contribution in [0.2, 0.25) is 0 Å². The molecule has 2 amide bonds. The molecule has 0 bridgehead atoms. The molecular weight excluding hydrogens is 768 g/mol. The number of carbonyl (C=O) groups excluding carboxylic acids is 2. The molecule has 2 aromatic heterocycles. The summed E-state index contributed by atoms with van der Waals surface area (Å²) in [6.07, 6.45) is -3.52. The fourth-order valence-electron chi connectivity index (χ4n) is 7.07. The molecule has 2 saturated heterocycles. The summed E-state index contributed by atoms with van der Waals surface area (Å²) in [4.78, 5) is 45.0. The molecule has 308 valence electrons. The standard InChI is InChI=1S/C34H44F3N3O6.C5H3F3OS/c1-4-9-27-23(10-7-18-40(27)30(42)24-22-38-17-13-25(24)34(35,36)37)29(41)39-19-15-33(45,16-20-39)26-11-5-6-12-28(26)46-21-8-14-32(2,3)31(43)44;6-5(7,8)4-1-3(9)2-10-4/h5-6,11-13,17,22-23,27,45H,4,7-10,14-16,18-21H2,1-3H3,(H,43,44);1-2,9H. The molecule has 0 saturated carbocycles. The maximum atomic E-state index is 13.9. The van der Waals surface area contributed by atoms with E-state index in [1.165, 1.54) is 4.90 Å². The summed E-state index contributed by atoms with van der Waals surface area (Å²) in [6, 6.07) is 8.11. The number of hydrogen-bond donors (Lipinski definition) is 3. The summed E-state index contributed by atoms with van der Waals surface area (Å²) in [6.45, 7) is 6.31. The van der Waals surface area contributed by atoms with Gasteiger partial charge in [0.1, 0.15) is 16.4 Å². The van der Waals surface area contributed by atoms with Crippen molar-refractivity contribution in [2.75, 3.05) is 26.2 Å². The molecule has 56 heavy (non-hydrogen) atoms. The number of carboxylic acids is 1. The van der Waals surface area contributed by atoms with E-state index < -0.39 is 63.2 Å². The quantitative estimate of drug-likeness (QED) is 0.130. The van der Waals surface area contributed by atoms with Gasteiger partial charge in [0.2, 0.25) is 5.91 Å². The summed E-state index contributed by atoms with van der Waals surface area (Å²) in [7, 11) is 0. The van der Waals surface area contributed by atoms with E-state index in [1.54, 1.807) is 43.0 Å². The Morgan fingerprint density at radius 2 is 1.70 bits per heavy atom. The second kappa shape index (κ2) is 18.3. The van der Waals surface area contributed by atoms with Crippen molar-refractivity contribution in [3.05, 3.63) is 75.7 Å². The predicted octanol–water partition coefficient (Wildman–Crippen LogP) is 8.37. The van der Waals surface area contributed by atoms with Gasteiger partial charge in [0, 0.05) is 55.1 Å². The Labute approximate surface area is 325 Å². The van der Waals surface area contributed by atoms with E-state index in [2.05, 4.69) is 4.98 Å². The normalized spacial score (nSPS) is 18.8. The summed E-state index contributed by atoms with van der Waals surface area (Å²) in [5.74, 6) is -2.20. The third-order valence-electron chi connectivity index (χ3n) is 10.2. The zero-order chi connectivity index (χ0) is 41.5. The highest BCUT2D eigenvalue weighted by Crippen LogP contribution is 2.41. The molecule has 2 aliphatic rings. The molecule has 3 N–H and O–H groups in total. The molecule has 0 aliphatic carbocycles. The maximum Gasteiger partial charge on any atom is 0.425 e. The first-order valence-corrected chi connectivity index (χ1v) is 19.2. The molecule has 2 fully saturated rings. The number of ether oxygens (including phenoxy) is 1. The number of carboxylic acid groups (broad SMARTS) is 1. The summed E-state index contributed by atoms with van der Waals surface area (Å²) in [5.41, 5.74) is -3.07. The fourth-order valence-corrected chi connectivity index (χ4v) is 7.71. The number of aromatic nitrogens is 1. The zero-order valence-corrected chi connectivity index (χ0v) is 32.1. The largest absolute Gasteiger partial charge is 0.507 e. The minimum atomic E-state index is -4.72. The van der Waals surface area contributed by atoms with Crippen molar-refractivity contribution >= 4 is 29.1 Å². The van der Waals surface area contributed by atoms with Crippen LogP contribution in [0.4, 0.5) is 26.3 Å². The lowest BCUT2D eigenvalue weighted by molar-refractivity contribution is -0.147. The third-order valence-corrected chi connectivity index (χ3v) is 11.2. The molecule has 3 aromatic rings. The fraction of sp³-hybridized carbons (Fsp3) is 0.538. The van der Waals surface area contributed by atoms with Gasteiger partial charge in [0.25, 0.3) is 5.91 Å². The van der Waals surface area contributed by atoms with Crippen LogP contribution in [0, 0.1) is 11.3 Å². The van der Waals surface area contributed by atoms with Crippen molar-refractivity contribution in [1.82, 2.24) is 14.8 Å². The monoisotopic (exact) mass is 815 g/mol. The molecule has 10 nitrogen and oxygen atoms in total. The minimum absolute atomic E-state index is 0.161. The van der Waals surface area contributed by atoms with Crippen molar-refractivity contribution in [1.29, 1.82) is 0 Å². The number of rotatable bonds is 11. The minimum Gasteiger partial charge on any atom is -0.507 e. The molecule has 4 heterocycles. The number of nitrogens with zero attached hydrogens (tertiary/aromatic N) is 3. The van der Waals surface area contributed by atoms with Gasteiger partial charge in [-0.15, -0.1) is 11.3 Å². The van der Waals surface area contributed by atoms with Gasteiger partial charge in [0.05, 0.1) is 34.7 Å². The zero-order valence-electron chi connectivity index (χ0n) is 31.3. The van der Waals surface area contributed by atoms with E-state index in [1.807, 2.05) is 6.92 Å². The van der Waals surface area contributed by atoms with E-state index in [9.17, 15) is 50.9 Å². The molecule has 0 radical (unpaired) electrons. The van der Waals surface area contributed by atoms with Gasteiger partial charge in [-0.25, -0.2) is 0 Å².